The van der Waals surface area contributed by atoms with Crippen LogP contribution < -0.4 is 0 Å². The molecule has 0 bridgehead atoms. The summed E-state index contributed by atoms with van der Waals surface area (Å²) in [5.74, 6) is 0. The summed E-state index contributed by atoms with van der Waals surface area (Å²) in [7, 11) is 0. The van der Waals surface area contributed by atoms with Crippen molar-refractivity contribution < 1.29 is 2.74 Å². The van der Waals surface area contributed by atoms with Gasteiger partial charge >= 0.3 is 0 Å². The van der Waals surface area contributed by atoms with Gasteiger partial charge in [0.05, 0.1) is 0 Å². The molecule has 0 N–H and O–H groups in total. The molecule has 0 aromatic heterocycles. The Morgan fingerprint density at radius 3 is 1.80 bits per heavy atom. The van der Waals surface area contributed by atoms with Gasteiger partial charge in [0.1, 0.15) is 0 Å². The van der Waals surface area contributed by atoms with Crippen LogP contribution in [0.25, 0.3) is 0 Å². The summed E-state index contributed by atoms with van der Waals surface area (Å²) >= 11 is 0. The highest BCUT2D eigenvalue weighted by Gasteiger charge is 1.68. The van der Waals surface area contributed by atoms with Crippen molar-refractivity contribution in [1.29, 1.82) is 0 Å². The average molecular weight is 74.2 g/mol. The van der Waals surface area contributed by atoms with E-state index >= 15 is 0 Å². The molecule has 0 aromatic carbocycles. The molecule has 0 aliphatic rings. The Morgan fingerprint density at radius 2 is 1.80 bits per heavy atom. The van der Waals surface area contributed by atoms with Crippen molar-refractivity contribution >= 4 is 0 Å². The van der Waals surface area contributed by atoms with Crippen molar-refractivity contribution in [1.82, 2.24) is 0 Å². The maximum atomic E-state index is 7.09. The molecule has 5 heavy (non-hydrogen) atoms. The van der Waals surface area contributed by atoms with Crippen molar-refractivity contribution in [2.75, 3.05) is 0 Å². The van der Waals surface area contributed by atoms with Crippen LogP contribution in [0.15, 0.2) is 0 Å². The number of rotatable bonds is 2. The molecule has 0 heterocycles. The molecule has 0 heteroatoms. The van der Waals surface area contributed by atoms with Crippen LogP contribution in [0.4, 0.5) is 0 Å². The first-order chi connectivity index (χ1) is 3.12. The lowest BCUT2D eigenvalue weighted by Crippen LogP contribution is -1.59. The Labute approximate surface area is 37.0 Å². The molecule has 0 aliphatic heterocycles. The zero-order chi connectivity index (χ0) is 5.91. The third-order valence-electron chi connectivity index (χ3n) is 0.500. The molecule has 0 amide bonds. The van der Waals surface area contributed by atoms with E-state index in [1.54, 1.807) is 0 Å². The first kappa shape index (κ1) is 2.22. The van der Waals surface area contributed by atoms with E-state index in [0.29, 0.717) is 12.8 Å². The Balaban J connectivity index is 3.36. The lowest BCUT2D eigenvalue weighted by Gasteiger charge is -1.79. The maximum absolute atomic E-state index is 7.09. The van der Waals surface area contributed by atoms with E-state index in [1.807, 2.05) is 13.8 Å². The lowest BCUT2D eigenvalue weighted by atomic mass is 10.3. The molecule has 0 aromatic rings. The third-order valence-corrected chi connectivity index (χ3v) is 0.500. The van der Waals surface area contributed by atoms with E-state index in [1.165, 1.54) is 0 Å². The summed E-state index contributed by atoms with van der Waals surface area (Å²) in [5.41, 5.74) is 0. The Hall–Kier alpha value is 0. The van der Waals surface area contributed by atoms with Gasteiger partial charge in [-0.2, -0.15) is 0 Å². The highest BCUT2D eigenvalue weighted by Crippen LogP contribution is 1.88. The van der Waals surface area contributed by atoms with Gasteiger partial charge in [0.2, 0.25) is 0 Å². The molecule has 0 unspecified atom stereocenters. The molecule has 0 atom stereocenters. The summed E-state index contributed by atoms with van der Waals surface area (Å²) in [6.07, 6.45) is 0.340. The minimum Gasteiger partial charge on any atom is -0.0654 e. The van der Waals surface area contributed by atoms with Crippen LogP contribution >= 0.6 is 0 Å². The van der Waals surface area contributed by atoms with E-state index in [9.17, 15) is 0 Å². The predicted octanol–water partition coefficient (Wildman–Crippen LogP) is 2.20. The summed E-state index contributed by atoms with van der Waals surface area (Å²) in [6, 6.07) is 0. The van der Waals surface area contributed by atoms with Crippen LogP contribution in [-0.4, -0.2) is 0 Å². The maximum Gasteiger partial charge on any atom is 0.0266 e. The first-order valence-corrected chi connectivity index (χ1v) is 2.12. The van der Waals surface area contributed by atoms with Gasteiger partial charge in [0, 0.05) is 2.74 Å². The Kier molecular flexibility index (Phi) is 1.78. The molecule has 0 rings (SSSR count). The van der Waals surface area contributed by atoms with Crippen molar-refractivity contribution in [3.8, 4) is 0 Å². The minimum atomic E-state index is -0.917. The smallest absolute Gasteiger partial charge is 0.0266 e. The quantitative estimate of drug-likeness (QED) is 0.471. The van der Waals surface area contributed by atoms with E-state index < -0.39 is 6.37 Å². The van der Waals surface area contributed by atoms with Crippen molar-refractivity contribution in [3.05, 3.63) is 0 Å². The molecule has 0 nitrogen and oxygen atoms in total. The molecule has 0 radical (unpaired) electrons. The third kappa shape index (κ3) is 4.00. The Morgan fingerprint density at radius 1 is 1.40 bits per heavy atom. The average Bonchev–Trinajstić information content (AvgIpc) is 1.68. The molecular formula is C5H12. The summed E-state index contributed by atoms with van der Waals surface area (Å²) < 4.78 is 14.2. The molecule has 0 spiro atoms. The number of hydrogen-bond donors (Lipinski definition) is 0. The van der Waals surface area contributed by atoms with E-state index in [2.05, 4.69) is 0 Å². The molecule has 32 valence electrons. The van der Waals surface area contributed by atoms with Crippen LogP contribution in [0.3, 0.4) is 0 Å². The van der Waals surface area contributed by atoms with Crippen molar-refractivity contribution in [3.63, 3.8) is 0 Å². The topological polar surface area (TPSA) is 0 Å². The lowest BCUT2D eigenvalue weighted by molar-refractivity contribution is 0.772. The summed E-state index contributed by atoms with van der Waals surface area (Å²) in [5, 5.41) is 0. The predicted molar refractivity (Wildman–Crippen MR) is 25.2 cm³/mol. The van der Waals surface area contributed by atoms with Gasteiger partial charge in [-0.15, -0.1) is 0 Å². The second kappa shape index (κ2) is 4.00. The highest BCUT2D eigenvalue weighted by molar-refractivity contribution is 4.24. The van der Waals surface area contributed by atoms with Gasteiger partial charge in [0.25, 0.3) is 0 Å². The van der Waals surface area contributed by atoms with Crippen LogP contribution in [0.5, 0.6) is 0 Å². The van der Waals surface area contributed by atoms with Gasteiger partial charge in [-0.1, -0.05) is 33.1 Å². The minimum absolute atomic E-state index is 0.628. The van der Waals surface area contributed by atoms with Gasteiger partial charge in [-0.25, -0.2) is 0 Å². The molecule has 0 saturated heterocycles. The highest BCUT2D eigenvalue weighted by atomic mass is 13.7. The molecule has 0 fully saturated rings. The SMILES string of the molecule is [2H]C([2H])(CC)CC. The van der Waals surface area contributed by atoms with Gasteiger partial charge < -0.3 is 0 Å². The first-order valence-electron chi connectivity index (χ1n) is 3.12. The van der Waals surface area contributed by atoms with Crippen LogP contribution in [-0.2, 0) is 0 Å². The second-order valence-corrected chi connectivity index (χ2v) is 0.957. The van der Waals surface area contributed by atoms with E-state index in [0.717, 1.165) is 0 Å². The van der Waals surface area contributed by atoms with Gasteiger partial charge in [0.15, 0.2) is 0 Å². The molecule has 0 saturated carbocycles. The van der Waals surface area contributed by atoms with Gasteiger partial charge in [-0.05, 0) is 0 Å². The van der Waals surface area contributed by atoms with Crippen LogP contribution in [0, 0.1) is 0 Å². The zero-order valence-electron chi connectivity index (χ0n) is 5.91. The van der Waals surface area contributed by atoms with Crippen molar-refractivity contribution in [2.24, 2.45) is 0 Å². The van der Waals surface area contributed by atoms with Crippen molar-refractivity contribution in [2.45, 2.75) is 33.1 Å². The standard InChI is InChI=1S/C5H12/c1-3-5-4-2/h3-5H2,1-2H3/i5D2. The largest absolute Gasteiger partial charge is 0.0654 e. The fraction of sp³-hybridized carbons (Fsp3) is 1.00. The van der Waals surface area contributed by atoms with Crippen LogP contribution in [0.2, 0.25) is 0 Å². The summed E-state index contributed by atoms with van der Waals surface area (Å²) in [6.45, 7) is 3.73. The molecular weight excluding hydrogens is 60.1 g/mol. The number of hydrogen-bond acceptors (Lipinski definition) is 0. The van der Waals surface area contributed by atoms with Crippen LogP contribution in [0.1, 0.15) is 35.8 Å². The summed E-state index contributed by atoms with van der Waals surface area (Å²) in [4.78, 5) is 0. The normalized spacial score (nSPS) is 17.2. The fourth-order valence-corrected chi connectivity index (χ4v) is 0.250. The Bertz CT molecular complexity index is 44.0. The zero-order valence-corrected chi connectivity index (χ0v) is 3.91. The molecule has 0 aliphatic carbocycles. The second-order valence-electron chi connectivity index (χ2n) is 0.957. The van der Waals surface area contributed by atoms with Gasteiger partial charge in [-0.3, -0.25) is 0 Å². The fourth-order valence-electron chi connectivity index (χ4n) is 0.250. The van der Waals surface area contributed by atoms with E-state index in [4.69, 9.17) is 2.74 Å². The monoisotopic (exact) mass is 74.1 g/mol. The van der Waals surface area contributed by atoms with E-state index in [-0.39, 0.29) is 0 Å².